The fourth-order valence-electron chi connectivity index (χ4n) is 7.99. The van der Waals surface area contributed by atoms with E-state index in [2.05, 4.69) is 31.3 Å². The summed E-state index contributed by atoms with van der Waals surface area (Å²) in [7, 11) is 0. The van der Waals surface area contributed by atoms with Gasteiger partial charge in [-0.15, -0.1) is 0 Å². The highest BCUT2D eigenvalue weighted by Gasteiger charge is 2.51. The summed E-state index contributed by atoms with van der Waals surface area (Å²) in [4.78, 5) is 13.1. The van der Waals surface area contributed by atoms with Crippen molar-refractivity contribution in [3.8, 4) is 0 Å². The molecule has 2 aliphatic rings. The topological polar surface area (TPSA) is 228 Å². The summed E-state index contributed by atoms with van der Waals surface area (Å²) in [6.07, 6.45) is 16.6. The van der Waals surface area contributed by atoms with Crippen LogP contribution >= 0.6 is 0 Å². The number of carbonyl (C=O) groups is 1. The van der Waals surface area contributed by atoms with Crippen molar-refractivity contribution in [1.29, 1.82) is 0 Å². The number of allylic oxidation sites excluding steroid dienone is 2. The van der Waals surface area contributed by atoms with Crippen LogP contribution in [0.1, 0.15) is 181 Å². The molecule has 2 heterocycles. The zero-order chi connectivity index (χ0) is 44.0. The SMILES string of the molecule is CCCCCCCC/C=C\CCCCCCCCCC(=O)NC(COC1OC(CO)C(OC2OC(CO)C(O)C(O)C2O)C(O)C1O)C(O)CCCCCCCCCCC. The van der Waals surface area contributed by atoms with Crippen molar-refractivity contribution in [3.05, 3.63) is 12.2 Å². The Balaban J connectivity index is 1.83. The Morgan fingerprint density at radius 2 is 1.05 bits per heavy atom. The summed E-state index contributed by atoms with van der Waals surface area (Å²) >= 11 is 0. The first-order valence-electron chi connectivity index (χ1n) is 23.9. The second-order valence-electron chi connectivity index (χ2n) is 17.2. The Kier molecular flexibility index (Phi) is 31.3. The maximum absolute atomic E-state index is 13.1. The molecule has 354 valence electrons. The highest BCUT2D eigenvalue weighted by Crippen LogP contribution is 2.30. The third kappa shape index (κ3) is 21.9. The Hall–Kier alpha value is -1.27. The van der Waals surface area contributed by atoms with Crippen LogP contribution in [0.4, 0.5) is 0 Å². The van der Waals surface area contributed by atoms with Gasteiger partial charge in [0.25, 0.3) is 0 Å². The van der Waals surface area contributed by atoms with Gasteiger partial charge in [-0.1, -0.05) is 148 Å². The van der Waals surface area contributed by atoms with Gasteiger partial charge in [-0.3, -0.25) is 4.79 Å². The standard InChI is InChI=1S/C46H87NO13/c1-3-5-7-9-11-13-14-15-16-17-18-19-20-22-24-26-28-30-38(51)47-34(35(50)29-27-25-23-21-12-10-8-6-4-2)33-57-45-43(56)41(54)44(37(32-49)59-45)60-46-42(55)40(53)39(52)36(31-48)58-46/h15-16,34-37,39-46,48-50,52-56H,3-14,17-33H2,1-2H3,(H,47,51)/b16-15-. The summed E-state index contributed by atoms with van der Waals surface area (Å²) < 4.78 is 22.7. The number of aliphatic hydroxyl groups is 8. The van der Waals surface area contributed by atoms with E-state index < -0.39 is 86.8 Å². The van der Waals surface area contributed by atoms with Gasteiger partial charge in [0.15, 0.2) is 12.6 Å². The first kappa shape index (κ1) is 54.9. The van der Waals surface area contributed by atoms with Crippen LogP contribution in [0.15, 0.2) is 12.2 Å². The monoisotopic (exact) mass is 862 g/mol. The Labute approximate surface area is 361 Å². The van der Waals surface area contributed by atoms with Crippen molar-refractivity contribution >= 4 is 5.91 Å². The van der Waals surface area contributed by atoms with Gasteiger partial charge in [0.1, 0.15) is 48.8 Å². The summed E-state index contributed by atoms with van der Waals surface area (Å²) in [6, 6.07) is -0.824. The lowest BCUT2D eigenvalue weighted by atomic mass is 9.97. The highest BCUT2D eigenvalue weighted by atomic mass is 16.7. The van der Waals surface area contributed by atoms with Gasteiger partial charge in [0.05, 0.1) is 32.0 Å². The number of hydrogen-bond donors (Lipinski definition) is 9. The molecule has 12 atom stereocenters. The van der Waals surface area contributed by atoms with Crippen LogP contribution in [0.2, 0.25) is 0 Å². The van der Waals surface area contributed by atoms with E-state index >= 15 is 0 Å². The third-order valence-corrected chi connectivity index (χ3v) is 12.0. The van der Waals surface area contributed by atoms with Crippen molar-refractivity contribution in [2.45, 2.75) is 254 Å². The van der Waals surface area contributed by atoms with Crippen molar-refractivity contribution in [1.82, 2.24) is 5.32 Å². The van der Waals surface area contributed by atoms with E-state index in [1.807, 2.05) is 0 Å². The minimum Gasteiger partial charge on any atom is -0.394 e. The molecule has 0 aromatic carbocycles. The summed E-state index contributed by atoms with van der Waals surface area (Å²) in [6.45, 7) is 2.80. The number of ether oxygens (including phenoxy) is 4. The molecule has 14 nitrogen and oxygen atoms in total. The van der Waals surface area contributed by atoms with Crippen molar-refractivity contribution in [3.63, 3.8) is 0 Å². The molecule has 0 aromatic rings. The quantitative estimate of drug-likeness (QED) is 0.0292. The van der Waals surface area contributed by atoms with Gasteiger partial charge in [-0.25, -0.2) is 0 Å². The molecule has 1 amide bonds. The number of unbranched alkanes of at least 4 members (excludes halogenated alkanes) is 21. The maximum atomic E-state index is 13.1. The summed E-state index contributed by atoms with van der Waals surface area (Å²) in [5, 5.41) is 86.6. The second-order valence-corrected chi connectivity index (χ2v) is 17.2. The number of aliphatic hydroxyl groups excluding tert-OH is 8. The molecule has 0 saturated carbocycles. The molecule has 2 aliphatic heterocycles. The summed E-state index contributed by atoms with van der Waals surface area (Å²) in [5.74, 6) is -0.214. The molecular weight excluding hydrogens is 774 g/mol. The number of nitrogens with one attached hydrogen (secondary N) is 1. The first-order valence-corrected chi connectivity index (χ1v) is 23.9. The molecule has 0 spiro atoms. The lowest BCUT2D eigenvalue weighted by Gasteiger charge is -2.46. The minimum absolute atomic E-state index is 0.214. The number of rotatable bonds is 36. The predicted octanol–water partition coefficient (Wildman–Crippen LogP) is 5.21. The fraction of sp³-hybridized carbons (Fsp3) is 0.935. The van der Waals surface area contributed by atoms with Crippen LogP contribution in [0, 0.1) is 0 Å². The molecule has 0 aliphatic carbocycles. The van der Waals surface area contributed by atoms with Crippen LogP contribution in [-0.2, 0) is 23.7 Å². The number of hydrogen-bond acceptors (Lipinski definition) is 13. The van der Waals surface area contributed by atoms with Gasteiger partial charge in [-0.2, -0.15) is 0 Å². The molecule has 2 saturated heterocycles. The lowest BCUT2D eigenvalue weighted by molar-refractivity contribution is -0.359. The van der Waals surface area contributed by atoms with E-state index in [0.717, 1.165) is 57.8 Å². The van der Waals surface area contributed by atoms with Gasteiger partial charge < -0.3 is 65.1 Å². The highest BCUT2D eigenvalue weighted by molar-refractivity contribution is 5.76. The smallest absolute Gasteiger partial charge is 0.220 e. The van der Waals surface area contributed by atoms with Crippen LogP contribution in [0.3, 0.4) is 0 Å². The van der Waals surface area contributed by atoms with Crippen molar-refractivity contribution in [2.24, 2.45) is 0 Å². The number of amides is 1. The average molecular weight is 862 g/mol. The zero-order valence-electron chi connectivity index (χ0n) is 37.2. The first-order chi connectivity index (χ1) is 29.1. The average Bonchev–Trinajstić information content (AvgIpc) is 3.24. The van der Waals surface area contributed by atoms with E-state index in [-0.39, 0.29) is 12.5 Å². The third-order valence-electron chi connectivity index (χ3n) is 12.0. The molecule has 60 heavy (non-hydrogen) atoms. The Morgan fingerprint density at radius 3 is 1.58 bits per heavy atom. The maximum Gasteiger partial charge on any atom is 0.220 e. The van der Waals surface area contributed by atoms with E-state index in [0.29, 0.717) is 12.8 Å². The largest absolute Gasteiger partial charge is 0.394 e. The van der Waals surface area contributed by atoms with Crippen molar-refractivity contribution in [2.75, 3.05) is 19.8 Å². The molecule has 0 bridgehead atoms. The van der Waals surface area contributed by atoms with Gasteiger partial charge in [0.2, 0.25) is 5.91 Å². The number of carbonyl (C=O) groups excluding carboxylic acids is 1. The molecule has 2 fully saturated rings. The van der Waals surface area contributed by atoms with Crippen LogP contribution < -0.4 is 5.32 Å². The summed E-state index contributed by atoms with van der Waals surface area (Å²) in [5.41, 5.74) is 0. The van der Waals surface area contributed by atoms with Gasteiger partial charge >= 0.3 is 0 Å². The normalized spacial score (nSPS) is 28.3. The van der Waals surface area contributed by atoms with E-state index in [4.69, 9.17) is 18.9 Å². The van der Waals surface area contributed by atoms with Crippen molar-refractivity contribution < 1.29 is 64.6 Å². The fourth-order valence-corrected chi connectivity index (χ4v) is 7.99. The minimum atomic E-state index is -1.78. The van der Waals surface area contributed by atoms with Gasteiger partial charge in [-0.05, 0) is 38.5 Å². The molecule has 9 N–H and O–H groups in total. The Bertz CT molecular complexity index is 1070. The van der Waals surface area contributed by atoms with E-state index in [1.165, 1.54) is 96.3 Å². The van der Waals surface area contributed by atoms with E-state index in [1.54, 1.807) is 0 Å². The Morgan fingerprint density at radius 1 is 0.583 bits per heavy atom. The van der Waals surface area contributed by atoms with Crippen LogP contribution in [0.5, 0.6) is 0 Å². The second kappa shape index (κ2) is 34.2. The lowest BCUT2D eigenvalue weighted by Crippen LogP contribution is -2.65. The zero-order valence-corrected chi connectivity index (χ0v) is 37.2. The molecule has 14 heteroatoms. The molecule has 0 radical (unpaired) electrons. The molecule has 12 unspecified atom stereocenters. The molecular formula is C46H87NO13. The van der Waals surface area contributed by atoms with E-state index in [9.17, 15) is 45.6 Å². The predicted molar refractivity (Wildman–Crippen MR) is 231 cm³/mol. The molecule has 0 aromatic heterocycles. The van der Waals surface area contributed by atoms with Gasteiger partial charge in [0, 0.05) is 6.42 Å². The van der Waals surface area contributed by atoms with Crippen LogP contribution in [0.25, 0.3) is 0 Å². The van der Waals surface area contributed by atoms with Crippen LogP contribution in [-0.4, -0.2) is 140 Å². The molecule has 2 rings (SSSR count).